The molecule has 0 fully saturated rings. The summed E-state index contributed by atoms with van der Waals surface area (Å²) in [6, 6.07) is 84.6. The van der Waals surface area contributed by atoms with E-state index in [1.54, 1.807) is 0 Å². The molecule has 0 spiro atoms. The van der Waals surface area contributed by atoms with Crippen LogP contribution in [0.4, 0.5) is 17.1 Å². The van der Waals surface area contributed by atoms with Crippen LogP contribution in [0.2, 0.25) is 0 Å². The summed E-state index contributed by atoms with van der Waals surface area (Å²) in [6.07, 6.45) is 0. The maximum Gasteiger partial charge on any atom is 0.0568 e. The number of benzene rings is 10. The van der Waals surface area contributed by atoms with Crippen molar-refractivity contribution in [2.45, 2.75) is 19.3 Å². The molecule has 0 amide bonds. The highest BCUT2D eigenvalue weighted by molar-refractivity contribution is 6.25. The lowest BCUT2D eigenvalue weighted by Crippen LogP contribution is -2.14. The van der Waals surface area contributed by atoms with E-state index in [0.29, 0.717) is 0 Å². The van der Waals surface area contributed by atoms with Crippen LogP contribution in [0.25, 0.3) is 82.8 Å². The van der Waals surface area contributed by atoms with Crippen LogP contribution in [-0.4, -0.2) is 4.57 Å². The molecular formula is C61H44N2. The topological polar surface area (TPSA) is 8.17 Å². The van der Waals surface area contributed by atoms with E-state index in [4.69, 9.17) is 0 Å². The average Bonchev–Trinajstić information content (AvgIpc) is 3.79. The molecule has 1 aromatic heterocycles. The predicted molar refractivity (Wildman–Crippen MR) is 267 cm³/mol. The summed E-state index contributed by atoms with van der Waals surface area (Å²) in [4.78, 5) is 2.46. The van der Waals surface area contributed by atoms with Gasteiger partial charge in [0.2, 0.25) is 0 Å². The minimum Gasteiger partial charge on any atom is -0.310 e. The predicted octanol–water partition coefficient (Wildman–Crippen LogP) is 16.7. The lowest BCUT2D eigenvalue weighted by molar-refractivity contribution is 0.661. The smallest absolute Gasteiger partial charge is 0.0568 e. The zero-order valence-corrected chi connectivity index (χ0v) is 35.3. The van der Waals surface area contributed by atoms with Gasteiger partial charge in [-0.05, 0) is 116 Å². The van der Waals surface area contributed by atoms with Crippen molar-refractivity contribution < 1.29 is 0 Å². The standard InChI is InChI=1S/C61H44N2/c1-61(2)55-28-15-14-25-50(55)53-39-57-54(38-56(53)61)60-52-27-13-12-26-51(52)58(40-59(60)63(57)48-35-31-45(32-36-48)42-19-8-4-9-20-42)62(47-33-29-44(30-34-47)41-17-6-3-7-18-41)49-24-16-23-46(37-49)43-21-10-5-11-22-43/h3-40H,1-2H3. The van der Waals surface area contributed by atoms with Crippen LogP contribution in [0.15, 0.2) is 231 Å². The maximum atomic E-state index is 2.51. The number of aromatic nitrogens is 1. The van der Waals surface area contributed by atoms with Crippen LogP contribution in [0.1, 0.15) is 25.0 Å². The maximum absolute atomic E-state index is 2.51. The Hall–Kier alpha value is -7.94. The summed E-state index contributed by atoms with van der Waals surface area (Å²) < 4.78 is 2.51. The van der Waals surface area contributed by atoms with Crippen LogP contribution in [0, 0.1) is 0 Å². The molecule has 0 radical (unpaired) electrons. The number of rotatable bonds is 7. The lowest BCUT2D eigenvalue weighted by Gasteiger charge is -2.28. The molecule has 63 heavy (non-hydrogen) atoms. The van der Waals surface area contributed by atoms with E-state index in [1.165, 1.54) is 88.2 Å². The quantitative estimate of drug-likeness (QED) is 0.156. The van der Waals surface area contributed by atoms with E-state index in [2.05, 4.69) is 254 Å². The van der Waals surface area contributed by atoms with Gasteiger partial charge in [0.1, 0.15) is 0 Å². The molecule has 0 unspecified atom stereocenters. The van der Waals surface area contributed by atoms with Crippen molar-refractivity contribution in [2.24, 2.45) is 0 Å². The second-order valence-corrected chi connectivity index (χ2v) is 17.3. The molecule has 0 saturated heterocycles. The molecule has 0 aliphatic heterocycles. The summed E-state index contributed by atoms with van der Waals surface area (Å²) in [7, 11) is 0. The Labute approximate surface area is 368 Å². The van der Waals surface area contributed by atoms with E-state index < -0.39 is 0 Å². The average molecular weight is 805 g/mol. The third-order valence-corrected chi connectivity index (χ3v) is 13.4. The third-order valence-electron chi connectivity index (χ3n) is 13.4. The fourth-order valence-corrected chi connectivity index (χ4v) is 10.3. The molecule has 0 atom stereocenters. The van der Waals surface area contributed by atoms with Crippen LogP contribution in [0.3, 0.4) is 0 Å². The molecule has 11 aromatic rings. The van der Waals surface area contributed by atoms with E-state index >= 15 is 0 Å². The SMILES string of the molecule is CC1(C)c2ccccc2-c2cc3c(cc21)c1c2ccccc2c(N(c2ccc(-c4ccccc4)cc2)c2cccc(-c4ccccc4)c2)cc1n3-c1ccc(-c2ccccc2)cc1. The second kappa shape index (κ2) is 14.6. The van der Waals surface area contributed by atoms with Crippen LogP contribution >= 0.6 is 0 Å². The highest BCUT2D eigenvalue weighted by Gasteiger charge is 2.36. The second-order valence-electron chi connectivity index (χ2n) is 17.3. The van der Waals surface area contributed by atoms with Crippen molar-refractivity contribution in [3.63, 3.8) is 0 Å². The van der Waals surface area contributed by atoms with Crippen LogP contribution in [-0.2, 0) is 5.41 Å². The summed E-state index contributed by atoms with van der Waals surface area (Å²) >= 11 is 0. The molecular weight excluding hydrogens is 761 g/mol. The van der Waals surface area contributed by atoms with E-state index in [-0.39, 0.29) is 5.41 Å². The van der Waals surface area contributed by atoms with Gasteiger partial charge < -0.3 is 9.47 Å². The van der Waals surface area contributed by atoms with Gasteiger partial charge in [0.15, 0.2) is 0 Å². The van der Waals surface area contributed by atoms with Gasteiger partial charge in [-0.3, -0.25) is 0 Å². The van der Waals surface area contributed by atoms with Crippen molar-refractivity contribution in [3.8, 4) is 50.2 Å². The van der Waals surface area contributed by atoms with Gasteiger partial charge in [0.25, 0.3) is 0 Å². The number of nitrogens with zero attached hydrogens (tertiary/aromatic N) is 2. The number of hydrogen-bond acceptors (Lipinski definition) is 1. The Morgan fingerprint density at radius 1 is 0.349 bits per heavy atom. The fraction of sp³-hybridized carbons (Fsp3) is 0.0492. The molecule has 1 aliphatic rings. The van der Waals surface area contributed by atoms with Crippen LogP contribution < -0.4 is 4.90 Å². The summed E-state index contributed by atoms with van der Waals surface area (Å²) in [5, 5.41) is 4.96. The highest BCUT2D eigenvalue weighted by Crippen LogP contribution is 2.53. The molecule has 12 rings (SSSR count). The Kier molecular flexibility index (Phi) is 8.55. The minimum absolute atomic E-state index is 0.131. The van der Waals surface area contributed by atoms with Gasteiger partial charge in [-0.1, -0.05) is 190 Å². The molecule has 2 nitrogen and oxygen atoms in total. The summed E-state index contributed by atoms with van der Waals surface area (Å²) in [5.74, 6) is 0. The van der Waals surface area contributed by atoms with Crippen molar-refractivity contribution in [1.82, 2.24) is 4.57 Å². The molecule has 1 aliphatic carbocycles. The van der Waals surface area contributed by atoms with E-state index in [9.17, 15) is 0 Å². The first-order chi connectivity index (χ1) is 31.0. The minimum atomic E-state index is -0.131. The van der Waals surface area contributed by atoms with Crippen molar-refractivity contribution in [2.75, 3.05) is 4.90 Å². The Morgan fingerprint density at radius 3 is 1.56 bits per heavy atom. The van der Waals surface area contributed by atoms with Crippen molar-refractivity contribution in [3.05, 3.63) is 242 Å². The molecule has 298 valence electrons. The highest BCUT2D eigenvalue weighted by atomic mass is 15.1. The Balaban J connectivity index is 1.16. The molecule has 0 bridgehead atoms. The molecule has 0 saturated carbocycles. The normalized spacial score (nSPS) is 12.7. The first-order valence-electron chi connectivity index (χ1n) is 21.9. The third kappa shape index (κ3) is 6.02. The first-order valence-corrected chi connectivity index (χ1v) is 21.9. The summed E-state index contributed by atoms with van der Waals surface area (Å²) in [6.45, 7) is 4.76. The zero-order chi connectivity index (χ0) is 42.1. The fourth-order valence-electron chi connectivity index (χ4n) is 10.3. The van der Waals surface area contributed by atoms with Gasteiger partial charge in [0, 0.05) is 38.6 Å². The van der Waals surface area contributed by atoms with Gasteiger partial charge >= 0.3 is 0 Å². The molecule has 10 aromatic carbocycles. The van der Waals surface area contributed by atoms with Gasteiger partial charge in [-0.25, -0.2) is 0 Å². The van der Waals surface area contributed by atoms with Gasteiger partial charge in [-0.15, -0.1) is 0 Å². The molecule has 2 heteroatoms. The van der Waals surface area contributed by atoms with Crippen LogP contribution in [0.5, 0.6) is 0 Å². The van der Waals surface area contributed by atoms with E-state index in [1.807, 2.05) is 0 Å². The Morgan fingerprint density at radius 2 is 0.889 bits per heavy atom. The zero-order valence-electron chi connectivity index (χ0n) is 35.3. The molecule has 1 heterocycles. The largest absolute Gasteiger partial charge is 0.310 e. The van der Waals surface area contributed by atoms with Crippen molar-refractivity contribution >= 4 is 49.6 Å². The Bertz CT molecular complexity index is 3490. The lowest BCUT2D eigenvalue weighted by atomic mass is 9.82. The number of fused-ring (bicyclic) bond motifs is 8. The van der Waals surface area contributed by atoms with Crippen molar-refractivity contribution in [1.29, 1.82) is 0 Å². The first kappa shape index (κ1) is 36.9. The van der Waals surface area contributed by atoms with Gasteiger partial charge in [0.05, 0.1) is 16.7 Å². The number of anilines is 3. The van der Waals surface area contributed by atoms with Gasteiger partial charge in [-0.2, -0.15) is 0 Å². The monoisotopic (exact) mass is 804 g/mol. The summed E-state index contributed by atoms with van der Waals surface area (Å²) in [5.41, 5.74) is 19.3. The number of hydrogen-bond donors (Lipinski definition) is 0. The van der Waals surface area contributed by atoms with E-state index in [0.717, 1.165) is 22.7 Å². The molecule has 0 N–H and O–H groups in total.